The molecule has 1 N–H and O–H groups in total. The van der Waals surface area contributed by atoms with Crippen molar-refractivity contribution in [2.24, 2.45) is 5.41 Å². The van der Waals surface area contributed by atoms with Gasteiger partial charge >= 0.3 is 0 Å². The molecule has 2 heterocycles. The topological polar surface area (TPSA) is 58.5 Å². The predicted molar refractivity (Wildman–Crippen MR) is 74.4 cm³/mol. The molecule has 1 saturated heterocycles. The van der Waals surface area contributed by atoms with Crippen molar-refractivity contribution >= 4 is 5.95 Å². The van der Waals surface area contributed by atoms with E-state index in [1.165, 1.54) is 0 Å². The minimum Gasteiger partial charge on any atom is -0.478 e. The van der Waals surface area contributed by atoms with Crippen LogP contribution in [0.3, 0.4) is 0 Å². The Hall–Kier alpha value is -1.36. The monoisotopic (exact) mass is 265 g/mol. The Bertz CT molecular complexity index is 423. The SMILES string of the molecule is CCOc1ccnc(N2CCC(O)CC(C)(C)C2)n1. The maximum Gasteiger partial charge on any atom is 0.228 e. The molecule has 1 aliphatic heterocycles. The number of nitrogens with zero attached hydrogens (tertiary/aromatic N) is 3. The lowest BCUT2D eigenvalue weighted by atomic mass is 9.87. The molecule has 0 saturated carbocycles. The Morgan fingerprint density at radius 1 is 1.53 bits per heavy atom. The van der Waals surface area contributed by atoms with Crippen LogP contribution in [0.2, 0.25) is 0 Å². The number of rotatable bonds is 3. The van der Waals surface area contributed by atoms with Crippen molar-refractivity contribution in [3.8, 4) is 5.88 Å². The first-order valence-corrected chi connectivity index (χ1v) is 6.89. The first kappa shape index (κ1) is 14.1. The molecule has 1 aliphatic rings. The molecule has 1 fully saturated rings. The molecule has 19 heavy (non-hydrogen) atoms. The Balaban J connectivity index is 2.17. The molecule has 5 nitrogen and oxygen atoms in total. The van der Waals surface area contributed by atoms with Gasteiger partial charge in [0.15, 0.2) is 0 Å². The molecule has 1 aromatic rings. The quantitative estimate of drug-likeness (QED) is 0.904. The van der Waals surface area contributed by atoms with Gasteiger partial charge in [-0.1, -0.05) is 13.8 Å². The average molecular weight is 265 g/mol. The molecule has 106 valence electrons. The molecule has 0 radical (unpaired) electrons. The summed E-state index contributed by atoms with van der Waals surface area (Å²) in [6.07, 6.45) is 3.05. The van der Waals surface area contributed by atoms with Crippen LogP contribution in [0.4, 0.5) is 5.95 Å². The van der Waals surface area contributed by atoms with Gasteiger partial charge < -0.3 is 14.7 Å². The maximum absolute atomic E-state index is 9.94. The highest BCUT2D eigenvalue weighted by Crippen LogP contribution is 2.30. The van der Waals surface area contributed by atoms with Gasteiger partial charge in [-0.05, 0) is 25.2 Å². The third-order valence-corrected chi connectivity index (χ3v) is 3.33. The Labute approximate surface area is 114 Å². The molecule has 0 bridgehead atoms. The van der Waals surface area contributed by atoms with Crippen LogP contribution >= 0.6 is 0 Å². The highest BCUT2D eigenvalue weighted by atomic mass is 16.5. The van der Waals surface area contributed by atoms with E-state index in [4.69, 9.17) is 4.74 Å². The van der Waals surface area contributed by atoms with E-state index in [0.29, 0.717) is 18.4 Å². The summed E-state index contributed by atoms with van der Waals surface area (Å²) in [6, 6.07) is 1.77. The summed E-state index contributed by atoms with van der Waals surface area (Å²) in [4.78, 5) is 10.9. The fraction of sp³-hybridized carbons (Fsp3) is 0.714. The number of ether oxygens (including phenoxy) is 1. The second kappa shape index (κ2) is 5.74. The van der Waals surface area contributed by atoms with Crippen LogP contribution in [0.15, 0.2) is 12.3 Å². The Morgan fingerprint density at radius 3 is 3.05 bits per heavy atom. The molecule has 1 atom stereocenters. The van der Waals surface area contributed by atoms with Gasteiger partial charge in [0.05, 0.1) is 12.7 Å². The van der Waals surface area contributed by atoms with E-state index in [1.807, 2.05) is 6.92 Å². The zero-order chi connectivity index (χ0) is 13.9. The lowest BCUT2D eigenvalue weighted by molar-refractivity contribution is 0.123. The number of hydrogen-bond acceptors (Lipinski definition) is 5. The molecule has 0 aliphatic carbocycles. The van der Waals surface area contributed by atoms with Gasteiger partial charge in [-0.2, -0.15) is 4.98 Å². The molecular weight excluding hydrogens is 242 g/mol. The predicted octanol–water partition coefficient (Wildman–Crippen LogP) is 1.86. The fourth-order valence-electron chi connectivity index (χ4n) is 2.59. The van der Waals surface area contributed by atoms with Crippen molar-refractivity contribution in [1.82, 2.24) is 9.97 Å². The van der Waals surface area contributed by atoms with Gasteiger partial charge in [0.1, 0.15) is 0 Å². The van der Waals surface area contributed by atoms with Crippen molar-refractivity contribution in [3.05, 3.63) is 12.3 Å². The van der Waals surface area contributed by atoms with Crippen molar-refractivity contribution in [3.63, 3.8) is 0 Å². The highest BCUT2D eigenvalue weighted by Gasteiger charge is 2.30. The third kappa shape index (κ3) is 3.80. The van der Waals surface area contributed by atoms with E-state index < -0.39 is 0 Å². The third-order valence-electron chi connectivity index (χ3n) is 3.33. The summed E-state index contributed by atoms with van der Waals surface area (Å²) in [6.45, 7) is 8.50. The van der Waals surface area contributed by atoms with Crippen LogP contribution in [0.1, 0.15) is 33.6 Å². The highest BCUT2D eigenvalue weighted by molar-refractivity contribution is 5.32. The summed E-state index contributed by atoms with van der Waals surface area (Å²) >= 11 is 0. The van der Waals surface area contributed by atoms with Gasteiger partial charge in [-0.15, -0.1) is 0 Å². The van der Waals surface area contributed by atoms with Crippen LogP contribution < -0.4 is 9.64 Å². The van der Waals surface area contributed by atoms with Gasteiger partial charge in [0.25, 0.3) is 0 Å². The number of anilines is 1. The minimum atomic E-state index is -0.241. The van der Waals surface area contributed by atoms with E-state index in [-0.39, 0.29) is 11.5 Å². The summed E-state index contributed by atoms with van der Waals surface area (Å²) in [5, 5.41) is 9.94. The zero-order valence-electron chi connectivity index (χ0n) is 12.0. The molecule has 0 spiro atoms. The first-order chi connectivity index (χ1) is 9.00. The molecule has 2 rings (SSSR count). The van der Waals surface area contributed by atoms with Gasteiger partial charge in [0.2, 0.25) is 11.8 Å². The summed E-state index contributed by atoms with van der Waals surface area (Å²) in [5.41, 5.74) is 0.0564. The van der Waals surface area contributed by atoms with Crippen LogP contribution in [0.25, 0.3) is 0 Å². The molecule has 0 aromatic carbocycles. The number of aliphatic hydroxyl groups is 1. The zero-order valence-corrected chi connectivity index (χ0v) is 12.0. The van der Waals surface area contributed by atoms with E-state index in [0.717, 1.165) is 25.9 Å². The summed E-state index contributed by atoms with van der Waals surface area (Å²) in [7, 11) is 0. The second-order valence-electron chi connectivity index (χ2n) is 5.86. The van der Waals surface area contributed by atoms with Crippen LogP contribution in [0.5, 0.6) is 5.88 Å². The lowest BCUT2D eigenvalue weighted by Crippen LogP contribution is -2.34. The van der Waals surface area contributed by atoms with Crippen molar-refractivity contribution in [1.29, 1.82) is 0 Å². The molecule has 1 unspecified atom stereocenters. The molecule has 5 heteroatoms. The summed E-state index contributed by atoms with van der Waals surface area (Å²) < 4.78 is 5.41. The molecular formula is C14H23N3O2. The van der Waals surface area contributed by atoms with Gasteiger partial charge in [0, 0.05) is 25.4 Å². The maximum atomic E-state index is 9.94. The first-order valence-electron chi connectivity index (χ1n) is 6.89. The normalized spacial score (nSPS) is 22.9. The lowest BCUT2D eigenvalue weighted by Gasteiger charge is -2.29. The summed E-state index contributed by atoms with van der Waals surface area (Å²) in [5.74, 6) is 1.29. The van der Waals surface area contributed by atoms with Crippen LogP contribution in [0, 0.1) is 5.41 Å². The van der Waals surface area contributed by atoms with Gasteiger partial charge in [-0.3, -0.25) is 0 Å². The largest absolute Gasteiger partial charge is 0.478 e. The fourth-order valence-corrected chi connectivity index (χ4v) is 2.59. The van der Waals surface area contributed by atoms with Gasteiger partial charge in [-0.25, -0.2) is 4.98 Å². The Morgan fingerprint density at radius 2 is 2.32 bits per heavy atom. The number of aliphatic hydroxyl groups excluding tert-OH is 1. The Kier molecular flexibility index (Phi) is 4.24. The van der Waals surface area contributed by atoms with Crippen LogP contribution in [-0.4, -0.2) is 40.9 Å². The van der Waals surface area contributed by atoms with Crippen molar-refractivity contribution in [2.45, 2.75) is 39.7 Å². The van der Waals surface area contributed by atoms with Crippen molar-refractivity contribution < 1.29 is 9.84 Å². The minimum absolute atomic E-state index is 0.0564. The van der Waals surface area contributed by atoms with Crippen molar-refractivity contribution in [2.75, 3.05) is 24.6 Å². The van der Waals surface area contributed by atoms with E-state index in [1.54, 1.807) is 12.3 Å². The molecule has 1 aromatic heterocycles. The standard InChI is InChI=1S/C14H23N3O2/c1-4-19-12-5-7-15-13(16-12)17-8-6-11(18)9-14(2,3)10-17/h5,7,11,18H,4,6,8-10H2,1-3H3. The average Bonchev–Trinajstić information content (AvgIpc) is 2.47. The smallest absolute Gasteiger partial charge is 0.228 e. The number of aromatic nitrogens is 2. The van der Waals surface area contributed by atoms with E-state index in [2.05, 4.69) is 28.7 Å². The van der Waals surface area contributed by atoms with E-state index >= 15 is 0 Å². The van der Waals surface area contributed by atoms with E-state index in [9.17, 15) is 5.11 Å². The number of hydrogen-bond donors (Lipinski definition) is 1. The second-order valence-corrected chi connectivity index (χ2v) is 5.86. The molecule has 0 amide bonds. The van der Waals surface area contributed by atoms with Crippen LogP contribution in [-0.2, 0) is 0 Å².